The molecule has 0 spiro atoms. The molecule has 0 unspecified atom stereocenters. The zero-order valence-electron chi connectivity index (χ0n) is 13.4. The van der Waals surface area contributed by atoms with Crippen molar-refractivity contribution in [2.75, 3.05) is 18.1 Å². The molecule has 1 saturated heterocycles. The Bertz CT molecular complexity index is 890. The first-order valence-corrected chi connectivity index (χ1v) is 10.3. The van der Waals surface area contributed by atoms with Crippen LogP contribution in [0.2, 0.25) is 0 Å². The number of carbonyl (C=O) groups excluding carboxylic acids is 1. The number of rotatable bonds is 4. The molecule has 1 aliphatic carbocycles. The zero-order valence-corrected chi connectivity index (χ0v) is 14.3. The molecule has 126 valence electrons. The zero-order chi connectivity index (χ0) is 16.7. The van der Waals surface area contributed by atoms with Crippen molar-refractivity contribution in [2.24, 2.45) is 11.8 Å². The normalized spacial score (nSPS) is 27.9. The summed E-state index contributed by atoms with van der Waals surface area (Å²) in [7, 11) is -2.87. The van der Waals surface area contributed by atoms with Gasteiger partial charge in [-0.1, -0.05) is 42.5 Å². The van der Waals surface area contributed by atoms with Gasteiger partial charge in [0.05, 0.1) is 11.5 Å². The fourth-order valence-corrected chi connectivity index (χ4v) is 5.56. The highest BCUT2D eigenvalue weighted by molar-refractivity contribution is 7.91. The van der Waals surface area contributed by atoms with Gasteiger partial charge in [0.1, 0.15) is 0 Å². The van der Waals surface area contributed by atoms with Crippen molar-refractivity contribution in [2.45, 2.75) is 18.8 Å². The molecule has 24 heavy (non-hydrogen) atoms. The smallest absolute Gasteiger partial charge is 0.223 e. The highest BCUT2D eigenvalue weighted by Crippen LogP contribution is 2.48. The molecule has 1 heterocycles. The second-order valence-corrected chi connectivity index (χ2v) is 9.30. The topological polar surface area (TPSA) is 63.2 Å². The van der Waals surface area contributed by atoms with Crippen LogP contribution >= 0.6 is 0 Å². The Morgan fingerprint density at radius 3 is 2.67 bits per heavy atom. The number of nitrogens with one attached hydrogen (secondary N) is 1. The predicted molar refractivity (Wildman–Crippen MR) is 94.6 cm³/mol. The lowest BCUT2D eigenvalue weighted by Crippen LogP contribution is -2.31. The Morgan fingerprint density at radius 2 is 1.92 bits per heavy atom. The molecule has 0 radical (unpaired) electrons. The van der Waals surface area contributed by atoms with Gasteiger partial charge < -0.3 is 5.32 Å². The summed E-state index contributed by atoms with van der Waals surface area (Å²) in [5, 5.41) is 5.38. The van der Waals surface area contributed by atoms with Crippen LogP contribution in [0.1, 0.15) is 24.3 Å². The molecule has 2 aromatic carbocycles. The monoisotopic (exact) mass is 343 g/mol. The fourth-order valence-electron chi connectivity index (χ4n) is 3.70. The van der Waals surface area contributed by atoms with Gasteiger partial charge in [0.2, 0.25) is 5.91 Å². The number of sulfone groups is 1. The van der Waals surface area contributed by atoms with Crippen molar-refractivity contribution in [3.8, 4) is 0 Å². The third-order valence-corrected chi connectivity index (χ3v) is 7.06. The summed E-state index contributed by atoms with van der Waals surface area (Å²) < 4.78 is 22.9. The molecule has 1 N–H and O–H groups in total. The summed E-state index contributed by atoms with van der Waals surface area (Å²) in [5.74, 6) is 0.947. The van der Waals surface area contributed by atoms with Crippen LogP contribution in [0, 0.1) is 11.8 Å². The average molecular weight is 343 g/mol. The maximum Gasteiger partial charge on any atom is 0.223 e. The van der Waals surface area contributed by atoms with Crippen LogP contribution in [0.25, 0.3) is 10.8 Å². The van der Waals surface area contributed by atoms with Crippen molar-refractivity contribution in [1.29, 1.82) is 0 Å². The van der Waals surface area contributed by atoms with Crippen LogP contribution in [-0.2, 0) is 14.6 Å². The first kappa shape index (κ1) is 15.6. The third-order valence-electron chi connectivity index (χ3n) is 5.22. The molecular weight excluding hydrogens is 322 g/mol. The van der Waals surface area contributed by atoms with E-state index in [1.165, 1.54) is 16.3 Å². The average Bonchev–Trinajstić information content (AvgIpc) is 3.30. The van der Waals surface area contributed by atoms with Crippen molar-refractivity contribution >= 4 is 26.5 Å². The predicted octanol–water partition coefficient (Wildman–Crippen LogP) is 2.49. The number of hydrogen-bond donors (Lipinski definition) is 1. The van der Waals surface area contributed by atoms with E-state index < -0.39 is 9.84 Å². The minimum atomic E-state index is -2.87. The Kier molecular flexibility index (Phi) is 3.83. The standard InChI is InChI=1S/C19H21NO3S/c21-19(20-11-13-7-8-24(22,23)12-13)18-10-17(18)16-6-5-14-3-1-2-4-15(14)9-16/h1-6,9,13,17-18H,7-8,10-12H2,(H,20,21)/t13-,17-,18-/m0/s1. The summed E-state index contributed by atoms with van der Waals surface area (Å²) in [6, 6.07) is 14.6. The van der Waals surface area contributed by atoms with E-state index in [1.807, 2.05) is 12.1 Å². The largest absolute Gasteiger partial charge is 0.356 e. The van der Waals surface area contributed by atoms with E-state index in [2.05, 4.69) is 35.6 Å². The highest BCUT2D eigenvalue weighted by atomic mass is 32.2. The van der Waals surface area contributed by atoms with E-state index in [9.17, 15) is 13.2 Å². The molecule has 2 fully saturated rings. The first-order chi connectivity index (χ1) is 11.5. The molecular formula is C19H21NO3S. The SMILES string of the molecule is O=C(NC[C@@H]1CCS(=O)(=O)C1)[C@H]1C[C@H]1c1ccc2ccccc2c1. The van der Waals surface area contributed by atoms with E-state index in [0.29, 0.717) is 18.9 Å². The van der Waals surface area contributed by atoms with Gasteiger partial charge in [0.25, 0.3) is 0 Å². The molecule has 4 rings (SSSR count). The lowest BCUT2D eigenvalue weighted by atomic mass is 10.0. The van der Waals surface area contributed by atoms with Crippen molar-refractivity contribution in [1.82, 2.24) is 5.32 Å². The van der Waals surface area contributed by atoms with Crippen LogP contribution in [0.15, 0.2) is 42.5 Å². The maximum absolute atomic E-state index is 12.3. The molecule has 1 aliphatic heterocycles. The van der Waals surface area contributed by atoms with Gasteiger partial charge in [-0.15, -0.1) is 0 Å². The number of amides is 1. The molecule has 5 heteroatoms. The van der Waals surface area contributed by atoms with E-state index in [4.69, 9.17) is 0 Å². The first-order valence-electron chi connectivity index (χ1n) is 8.49. The Morgan fingerprint density at radius 1 is 1.12 bits per heavy atom. The highest BCUT2D eigenvalue weighted by Gasteiger charge is 2.44. The van der Waals surface area contributed by atoms with E-state index in [-0.39, 0.29) is 29.2 Å². The number of hydrogen-bond acceptors (Lipinski definition) is 3. The van der Waals surface area contributed by atoms with Crippen LogP contribution in [0.5, 0.6) is 0 Å². The second-order valence-electron chi connectivity index (χ2n) is 7.07. The van der Waals surface area contributed by atoms with Crippen LogP contribution in [0.4, 0.5) is 0 Å². The second kappa shape index (κ2) is 5.88. The van der Waals surface area contributed by atoms with Gasteiger partial charge in [-0.3, -0.25) is 4.79 Å². The fraction of sp³-hybridized carbons (Fsp3) is 0.421. The lowest BCUT2D eigenvalue weighted by molar-refractivity contribution is -0.122. The van der Waals surface area contributed by atoms with E-state index >= 15 is 0 Å². The summed E-state index contributed by atoms with van der Waals surface area (Å²) in [6.07, 6.45) is 1.55. The van der Waals surface area contributed by atoms with Crippen molar-refractivity contribution < 1.29 is 13.2 Å². The van der Waals surface area contributed by atoms with E-state index in [1.54, 1.807) is 0 Å². The van der Waals surface area contributed by atoms with Crippen LogP contribution in [0.3, 0.4) is 0 Å². The summed E-state index contributed by atoms with van der Waals surface area (Å²) in [4.78, 5) is 12.3. The molecule has 3 atom stereocenters. The minimum absolute atomic E-state index is 0.0316. The summed E-state index contributed by atoms with van der Waals surface area (Å²) in [5.41, 5.74) is 1.22. The van der Waals surface area contributed by atoms with Gasteiger partial charge in [-0.25, -0.2) is 8.42 Å². The minimum Gasteiger partial charge on any atom is -0.356 e. The Hall–Kier alpha value is -1.88. The van der Waals surface area contributed by atoms with Crippen molar-refractivity contribution in [3.05, 3.63) is 48.0 Å². The molecule has 4 nitrogen and oxygen atoms in total. The van der Waals surface area contributed by atoms with Gasteiger partial charge in [0, 0.05) is 12.5 Å². The van der Waals surface area contributed by atoms with E-state index in [0.717, 1.165) is 6.42 Å². The molecule has 1 amide bonds. The maximum atomic E-state index is 12.3. The van der Waals surface area contributed by atoms with Gasteiger partial charge in [-0.2, -0.15) is 0 Å². The van der Waals surface area contributed by atoms with Gasteiger partial charge >= 0.3 is 0 Å². The number of carbonyl (C=O) groups is 1. The Balaban J connectivity index is 1.36. The van der Waals surface area contributed by atoms with Gasteiger partial charge in [0.15, 0.2) is 9.84 Å². The number of fused-ring (bicyclic) bond motifs is 1. The number of benzene rings is 2. The van der Waals surface area contributed by atoms with Gasteiger partial charge in [-0.05, 0) is 41.0 Å². The van der Waals surface area contributed by atoms with Crippen LogP contribution < -0.4 is 5.32 Å². The molecule has 2 aliphatic rings. The molecule has 0 bridgehead atoms. The Labute approximate surface area is 142 Å². The summed E-state index contributed by atoms with van der Waals surface area (Å²) in [6.45, 7) is 0.485. The molecule has 2 aromatic rings. The third kappa shape index (κ3) is 3.18. The quantitative estimate of drug-likeness (QED) is 0.928. The lowest BCUT2D eigenvalue weighted by Gasteiger charge is -2.09. The van der Waals surface area contributed by atoms with Crippen molar-refractivity contribution in [3.63, 3.8) is 0 Å². The molecule has 1 saturated carbocycles. The van der Waals surface area contributed by atoms with Crippen LogP contribution in [-0.4, -0.2) is 32.4 Å². The molecule has 0 aromatic heterocycles. The summed E-state index contributed by atoms with van der Waals surface area (Å²) >= 11 is 0.